The van der Waals surface area contributed by atoms with Crippen LogP contribution in [0.1, 0.15) is 32.8 Å². The molecule has 0 radical (unpaired) electrons. The van der Waals surface area contributed by atoms with Gasteiger partial charge < -0.3 is 14.4 Å². The van der Waals surface area contributed by atoms with E-state index in [4.69, 9.17) is 9.47 Å². The lowest BCUT2D eigenvalue weighted by atomic mass is 10.1. The number of carbonyl (C=O) groups excluding carboxylic acids is 1. The third kappa shape index (κ3) is 5.57. The van der Waals surface area contributed by atoms with Gasteiger partial charge in [-0.1, -0.05) is 12.1 Å². The molecule has 1 amide bonds. The van der Waals surface area contributed by atoms with Gasteiger partial charge in [0.05, 0.1) is 4.47 Å². The van der Waals surface area contributed by atoms with Gasteiger partial charge in [0.1, 0.15) is 18.0 Å². The summed E-state index contributed by atoms with van der Waals surface area (Å²) in [7, 11) is 0. The molecule has 0 fully saturated rings. The Kier molecular flexibility index (Phi) is 5.74. The summed E-state index contributed by atoms with van der Waals surface area (Å²) in [4.78, 5) is 13.7. The number of benzene rings is 1. The van der Waals surface area contributed by atoms with Gasteiger partial charge in [-0.05, 0) is 73.3 Å². The summed E-state index contributed by atoms with van der Waals surface area (Å²) in [5, 5.41) is 0. The number of rotatable bonds is 3. The molecule has 1 aromatic carbocycles. The Labute approximate surface area is 146 Å². The van der Waals surface area contributed by atoms with Crippen molar-refractivity contribution in [1.82, 2.24) is 4.90 Å². The van der Waals surface area contributed by atoms with Gasteiger partial charge in [-0.3, -0.25) is 0 Å². The zero-order valence-corrected chi connectivity index (χ0v) is 15.8. The standard InChI is InChI=1S/C18H24BrNO3/c1-13-5-6-16(15(19)11-13)22-12-14-7-9-20(10-8-14)17(21)23-18(2,3)4/h5-7,11H,8-10,12H2,1-4H3. The highest BCUT2D eigenvalue weighted by Gasteiger charge is 2.23. The molecule has 0 unspecified atom stereocenters. The molecule has 1 aromatic rings. The van der Waals surface area contributed by atoms with Gasteiger partial charge >= 0.3 is 6.09 Å². The van der Waals surface area contributed by atoms with Crippen LogP contribution in [0.15, 0.2) is 34.3 Å². The van der Waals surface area contributed by atoms with Crippen molar-refractivity contribution in [2.45, 2.75) is 39.7 Å². The molecule has 0 aromatic heterocycles. The fourth-order valence-electron chi connectivity index (χ4n) is 2.23. The highest BCUT2D eigenvalue weighted by molar-refractivity contribution is 9.10. The van der Waals surface area contributed by atoms with Crippen molar-refractivity contribution in [2.24, 2.45) is 0 Å². The summed E-state index contributed by atoms with van der Waals surface area (Å²) < 4.78 is 12.2. The minimum atomic E-state index is -0.456. The summed E-state index contributed by atoms with van der Waals surface area (Å²) in [6, 6.07) is 6.03. The SMILES string of the molecule is Cc1ccc(OCC2=CCN(C(=O)OC(C)(C)C)CC2)c(Br)c1. The molecule has 1 heterocycles. The predicted molar refractivity (Wildman–Crippen MR) is 94.9 cm³/mol. The van der Waals surface area contributed by atoms with Crippen LogP contribution in [0.3, 0.4) is 0 Å². The molecule has 23 heavy (non-hydrogen) atoms. The average Bonchev–Trinajstić information content (AvgIpc) is 2.45. The first-order valence-corrected chi connectivity index (χ1v) is 8.59. The fourth-order valence-corrected chi connectivity index (χ4v) is 2.84. The first-order valence-electron chi connectivity index (χ1n) is 7.79. The maximum absolute atomic E-state index is 12.0. The summed E-state index contributed by atoms with van der Waals surface area (Å²) in [6.45, 7) is 9.46. The molecule has 0 saturated carbocycles. The molecule has 1 aliphatic heterocycles. The molecule has 0 saturated heterocycles. The minimum Gasteiger partial charge on any atom is -0.488 e. The lowest BCUT2D eigenvalue weighted by Crippen LogP contribution is -2.39. The van der Waals surface area contributed by atoms with E-state index in [1.807, 2.05) is 45.9 Å². The van der Waals surface area contributed by atoms with Crippen LogP contribution in [0, 0.1) is 6.92 Å². The van der Waals surface area contributed by atoms with Crippen LogP contribution >= 0.6 is 15.9 Å². The first kappa shape index (κ1) is 17.9. The van der Waals surface area contributed by atoms with Gasteiger partial charge in [0.25, 0.3) is 0 Å². The summed E-state index contributed by atoms with van der Waals surface area (Å²) in [5.41, 5.74) is 1.94. The van der Waals surface area contributed by atoms with Gasteiger partial charge in [0.2, 0.25) is 0 Å². The number of carbonyl (C=O) groups is 1. The Morgan fingerprint density at radius 3 is 2.65 bits per heavy atom. The summed E-state index contributed by atoms with van der Waals surface area (Å²) in [6.07, 6.45) is 2.60. The van der Waals surface area contributed by atoms with Crippen LogP contribution in [-0.2, 0) is 4.74 Å². The lowest BCUT2D eigenvalue weighted by Gasteiger charge is -2.29. The van der Waals surface area contributed by atoms with Crippen LogP contribution in [0.2, 0.25) is 0 Å². The highest BCUT2D eigenvalue weighted by Crippen LogP contribution is 2.26. The maximum Gasteiger partial charge on any atom is 0.410 e. The average molecular weight is 382 g/mol. The summed E-state index contributed by atoms with van der Waals surface area (Å²) in [5.74, 6) is 0.839. The molecule has 0 atom stereocenters. The fraction of sp³-hybridized carbons (Fsp3) is 0.500. The van der Waals surface area contributed by atoms with E-state index in [0.717, 1.165) is 16.6 Å². The molecule has 2 rings (SSSR count). The monoisotopic (exact) mass is 381 g/mol. The van der Waals surface area contributed by atoms with Crippen LogP contribution in [0.4, 0.5) is 4.79 Å². The van der Waals surface area contributed by atoms with Crippen molar-refractivity contribution in [3.05, 3.63) is 39.9 Å². The predicted octanol–water partition coefficient (Wildman–Crippen LogP) is 4.70. The number of hydrogen-bond acceptors (Lipinski definition) is 3. The Balaban J connectivity index is 1.86. The second-order valence-electron chi connectivity index (χ2n) is 6.76. The quantitative estimate of drug-likeness (QED) is 0.711. The molecule has 4 nitrogen and oxygen atoms in total. The zero-order valence-electron chi connectivity index (χ0n) is 14.2. The van der Waals surface area contributed by atoms with Crippen molar-refractivity contribution in [3.8, 4) is 5.75 Å². The van der Waals surface area contributed by atoms with Crippen LogP contribution in [0.5, 0.6) is 5.75 Å². The van der Waals surface area contributed by atoms with Crippen molar-refractivity contribution in [3.63, 3.8) is 0 Å². The number of nitrogens with zero attached hydrogens (tertiary/aromatic N) is 1. The molecule has 0 bridgehead atoms. The summed E-state index contributed by atoms with van der Waals surface area (Å²) >= 11 is 3.51. The van der Waals surface area contributed by atoms with Gasteiger partial charge in [-0.25, -0.2) is 4.79 Å². The normalized spacial score (nSPS) is 15.2. The van der Waals surface area contributed by atoms with Gasteiger partial charge in [0, 0.05) is 13.1 Å². The zero-order chi connectivity index (χ0) is 17.0. The Morgan fingerprint density at radius 2 is 2.09 bits per heavy atom. The van der Waals surface area contributed by atoms with E-state index in [1.54, 1.807) is 4.90 Å². The topological polar surface area (TPSA) is 38.8 Å². The van der Waals surface area contributed by atoms with Gasteiger partial charge in [-0.2, -0.15) is 0 Å². The largest absolute Gasteiger partial charge is 0.488 e. The number of aryl methyl sites for hydroxylation is 1. The van der Waals surface area contributed by atoms with Crippen molar-refractivity contribution >= 4 is 22.0 Å². The molecular weight excluding hydrogens is 358 g/mol. The van der Waals surface area contributed by atoms with Gasteiger partial charge in [0.15, 0.2) is 0 Å². The molecule has 0 N–H and O–H groups in total. The number of hydrogen-bond donors (Lipinski definition) is 0. The van der Waals surface area contributed by atoms with Crippen molar-refractivity contribution in [1.29, 1.82) is 0 Å². The lowest BCUT2D eigenvalue weighted by molar-refractivity contribution is 0.0264. The third-order valence-electron chi connectivity index (χ3n) is 3.46. The molecule has 1 aliphatic rings. The Hall–Kier alpha value is -1.49. The van der Waals surface area contributed by atoms with Crippen LogP contribution < -0.4 is 4.74 Å². The van der Waals surface area contributed by atoms with E-state index in [2.05, 4.69) is 22.0 Å². The molecule has 0 aliphatic carbocycles. The van der Waals surface area contributed by atoms with E-state index >= 15 is 0 Å². The third-order valence-corrected chi connectivity index (χ3v) is 4.08. The molecule has 0 spiro atoms. The van der Waals surface area contributed by atoms with E-state index in [1.165, 1.54) is 11.1 Å². The molecule has 126 valence electrons. The Morgan fingerprint density at radius 1 is 1.35 bits per heavy atom. The maximum atomic E-state index is 12.0. The molecule has 5 heteroatoms. The van der Waals surface area contributed by atoms with E-state index in [0.29, 0.717) is 19.7 Å². The Bertz CT molecular complexity index is 605. The number of ether oxygens (including phenoxy) is 2. The van der Waals surface area contributed by atoms with Crippen LogP contribution in [-0.4, -0.2) is 36.3 Å². The van der Waals surface area contributed by atoms with Crippen LogP contribution in [0.25, 0.3) is 0 Å². The van der Waals surface area contributed by atoms with Crippen molar-refractivity contribution < 1.29 is 14.3 Å². The molecular formula is C18H24BrNO3. The highest BCUT2D eigenvalue weighted by atomic mass is 79.9. The number of amides is 1. The second kappa shape index (κ2) is 7.39. The smallest absolute Gasteiger partial charge is 0.410 e. The van der Waals surface area contributed by atoms with E-state index < -0.39 is 5.60 Å². The number of halogens is 1. The first-order chi connectivity index (χ1) is 10.7. The second-order valence-corrected chi connectivity index (χ2v) is 7.62. The van der Waals surface area contributed by atoms with Crippen molar-refractivity contribution in [2.75, 3.05) is 19.7 Å². The van der Waals surface area contributed by atoms with E-state index in [9.17, 15) is 4.79 Å². The minimum absolute atomic E-state index is 0.255. The van der Waals surface area contributed by atoms with E-state index in [-0.39, 0.29) is 6.09 Å². The van der Waals surface area contributed by atoms with Gasteiger partial charge in [-0.15, -0.1) is 0 Å².